The third-order valence-electron chi connectivity index (χ3n) is 4.25. The van der Waals surface area contributed by atoms with Gasteiger partial charge in [0.05, 0.1) is 11.9 Å². The molecule has 0 saturated carbocycles. The number of nitrogens with one attached hydrogen (secondary N) is 2. The van der Waals surface area contributed by atoms with Crippen LogP contribution >= 0.6 is 0 Å². The molecular formula is C19H25N3O. The number of pyridine rings is 1. The van der Waals surface area contributed by atoms with Gasteiger partial charge < -0.3 is 10.6 Å². The van der Waals surface area contributed by atoms with Crippen molar-refractivity contribution in [3.8, 4) is 0 Å². The van der Waals surface area contributed by atoms with Gasteiger partial charge in [0, 0.05) is 11.6 Å². The summed E-state index contributed by atoms with van der Waals surface area (Å²) in [5.41, 5.74) is 4.23. The maximum absolute atomic E-state index is 12.1. The molecule has 0 aliphatic heterocycles. The molecule has 1 amide bonds. The van der Waals surface area contributed by atoms with Crippen LogP contribution in [0, 0.1) is 19.8 Å². The average Bonchev–Trinajstić information content (AvgIpc) is 2.55. The second-order valence-corrected chi connectivity index (χ2v) is 5.81. The summed E-state index contributed by atoms with van der Waals surface area (Å²) >= 11 is 0. The van der Waals surface area contributed by atoms with Crippen molar-refractivity contribution < 1.29 is 4.79 Å². The Hall–Kier alpha value is -2.36. The van der Waals surface area contributed by atoms with Crippen molar-refractivity contribution >= 4 is 23.1 Å². The molecule has 1 heterocycles. The largest absolute Gasteiger partial charge is 0.340 e. The first-order chi connectivity index (χ1) is 11.0. The van der Waals surface area contributed by atoms with Gasteiger partial charge in [-0.15, -0.1) is 0 Å². The van der Waals surface area contributed by atoms with Gasteiger partial charge in [-0.05, 0) is 56.0 Å². The summed E-state index contributed by atoms with van der Waals surface area (Å²) in [6, 6.07) is 9.90. The molecule has 122 valence electrons. The topological polar surface area (TPSA) is 54.0 Å². The van der Waals surface area contributed by atoms with E-state index < -0.39 is 0 Å². The van der Waals surface area contributed by atoms with Crippen molar-refractivity contribution in [1.29, 1.82) is 0 Å². The predicted molar refractivity (Wildman–Crippen MR) is 96.1 cm³/mol. The lowest BCUT2D eigenvalue weighted by Crippen LogP contribution is -2.21. The highest BCUT2D eigenvalue weighted by molar-refractivity contribution is 5.92. The Bertz CT molecular complexity index is 661. The van der Waals surface area contributed by atoms with Crippen LogP contribution in [0.2, 0.25) is 0 Å². The molecule has 0 aliphatic carbocycles. The van der Waals surface area contributed by atoms with Crippen molar-refractivity contribution in [2.45, 2.75) is 40.5 Å². The van der Waals surface area contributed by atoms with E-state index in [0.29, 0.717) is 0 Å². The van der Waals surface area contributed by atoms with Crippen molar-refractivity contribution in [2.75, 3.05) is 10.6 Å². The van der Waals surface area contributed by atoms with Crippen LogP contribution in [0.5, 0.6) is 0 Å². The van der Waals surface area contributed by atoms with E-state index in [-0.39, 0.29) is 11.8 Å². The van der Waals surface area contributed by atoms with Crippen molar-refractivity contribution in [2.24, 2.45) is 5.92 Å². The summed E-state index contributed by atoms with van der Waals surface area (Å²) in [6.45, 7) is 8.23. The third kappa shape index (κ3) is 4.31. The molecule has 0 atom stereocenters. The highest BCUT2D eigenvalue weighted by Crippen LogP contribution is 2.22. The van der Waals surface area contributed by atoms with E-state index in [4.69, 9.17) is 0 Å². The van der Waals surface area contributed by atoms with E-state index >= 15 is 0 Å². The van der Waals surface area contributed by atoms with Gasteiger partial charge in [0.15, 0.2) is 0 Å². The SMILES string of the molecule is CCC(CC)C(=O)Nc1ccc(Nc2cccc(C)c2C)nc1. The van der Waals surface area contributed by atoms with Crippen LogP contribution in [0.15, 0.2) is 36.5 Å². The number of rotatable bonds is 6. The lowest BCUT2D eigenvalue weighted by Gasteiger charge is -2.13. The maximum Gasteiger partial charge on any atom is 0.227 e. The number of nitrogens with zero attached hydrogens (tertiary/aromatic N) is 1. The Morgan fingerprint density at radius 1 is 1.13 bits per heavy atom. The van der Waals surface area contributed by atoms with Gasteiger partial charge in [0.2, 0.25) is 5.91 Å². The summed E-state index contributed by atoms with van der Waals surface area (Å²) in [5.74, 6) is 0.883. The second-order valence-electron chi connectivity index (χ2n) is 5.81. The molecule has 4 heteroatoms. The van der Waals surface area contributed by atoms with E-state index in [2.05, 4.69) is 35.5 Å². The first kappa shape index (κ1) is 17.0. The Morgan fingerprint density at radius 2 is 1.87 bits per heavy atom. The fourth-order valence-electron chi connectivity index (χ4n) is 2.47. The summed E-state index contributed by atoms with van der Waals surface area (Å²) < 4.78 is 0. The first-order valence-corrected chi connectivity index (χ1v) is 8.15. The van der Waals surface area contributed by atoms with E-state index in [9.17, 15) is 4.79 Å². The number of amides is 1. The molecule has 0 unspecified atom stereocenters. The second kappa shape index (κ2) is 7.77. The number of aryl methyl sites for hydroxylation is 1. The van der Waals surface area contributed by atoms with Gasteiger partial charge in [-0.1, -0.05) is 26.0 Å². The minimum absolute atomic E-state index is 0.0581. The summed E-state index contributed by atoms with van der Waals surface area (Å²) in [7, 11) is 0. The van der Waals surface area contributed by atoms with E-state index in [0.717, 1.165) is 30.0 Å². The standard InChI is InChI=1S/C19H25N3O/c1-5-15(6-2)19(23)21-16-10-11-18(20-12-16)22-17-9-7-8-13(3)14(17)4/h7-12,15H,5-6H2,1-4H3,(H,20,22)(H,21,23). The summed E-state index contributed by atoms with van der Waals surface area (Å²) in [5, 5.41) is 6.24. The molecule has 2 aromatic rings. The van der Waals surface area contributed by atoms with Crippen LogP contribution in [-0.2, 0) is 4.79 Å². The van der Waals surface area contributed by atoms with Gasteiger partial charge in [0.1, 0.15) is 5.82 Å². The maximum atomic E-state index is 12.1. The molecule has 1 aromatic heterocycles. The Kier molecular flexibility index (Phi) is 5.74. The minimum Gasteiger partial charge on any atom is -0.340 e. The molecular weight excluding hydrogens is 286 g/mol. The van der Waals surface area contributed by atoms with Crippen LogP contribution in [-0.4, -0.2) is 10.9 Å². The zero-order valence-electron chi connectivity index (χ0n) is 14.3. The number of benzene rings is 1. The van der Waals surface area contributed by atoms with Gasteiger partial charge in [0.25, 0.3) is 0 Å². The highest BCUT2D eigenvalue weighted by atomic mass is 16.1. The quantitative estimate of drug-likeness (QED) is 0.804. The Morgan fingerprint density at radius 3 is 2.48 bits per heavy atom. The van der Waals surface area contributed by atoms with Crippen LogP contribution < -0.4 is 10.6 Å². The number of carbonyl (C=O) groups excluding carboxylic acids is 1. The van der Waals surface area contributed by atoms with E-state index in [1.54, 1.807) is 6.20 Å². The molecule has 2 rings (SSSR count). The third-order valence-corrected chi connectivity index (χ3v) is 4.25. The Balaban J connectivity index is 2.05. The van der Waals surface area contributed by atoms with E-state index in [1.807, 2.05) is 38.1 Å². The van der Waals surface area contributed by atoms with Crippen molar-refractivity contribution in [3.05, 3.63) is 47.7 Å². The predicted octanol–water partition coefficient (Wildman–Crippen LogP) is 4.82. The van der Waals surface area contributed by atoms with Crippen LogP contribution in [0.25, 0.3) is 0 Å². The zero-order valence-corrected chi connectivity index (χ0v) is 14.3. The summed E-state index contributed by atoms with van der Waals surface area (Å²) in [4.78, 5) is 16.5. The smallest absolute Gasteiger partial charge is 0.227 e. The van der Waals surface area contributed by atoms with Gasteiger partial charge in [-0.3, -0.25) is 4.79 Å². The van der Waals surface area contributed by atoms with E-state index in [1.165, 1.54) is 11.1 Å². The minimum atomic E-state index is 0.0581. The molecule has 0 fully saturated rings. The summed E-state index contributed by atoms with van der Waals surface area (Å²) in [6.07, 6.45) is 3.39. The number of hydrogen-bond acceptors (Lipinski definition) is 3. The molecule has 0 spiro atoms. The fourth-order valence-corrected chi connectivity index (χ4v) is 2.47. The number of hydrogen-bond donors (Lipinski definition) is 2. The average molecular weight is 311 g/mol. The van der Waals surface area contributed by atoms with Gasteiger partial charge in [-0.25, -0.2) is 4.98 Å². The molecule has 4 nitrogen and oxygen atoms in total. The zero-order chi connectivity index (χ0) is 16.8. The first-order valence-electron chi connectivity index (χ1n) is 8.15. The lowest BCUT2D eigenvalue weighted by molar-refractivity contribution is -0.120. The van der Waals surface area contributed by atoms with Crippen LogP contribution in [0.1, 0.15) is 37.8 Å². The molecule has 0 saturated heterocycles. The number of aromatic nitrogens is 1. The molecule has 2 N–H and O–H groups in total. The van der Waals surface area contributed by atoms with Crippen LogP contribution in [0.3, 0.4) is 0 Å². The van der Waals surface area contributed by atoms with Gasteiger partial charge in [-0.2, -0.15) is 0 Å². The molecule has 0 radical (unpaired) electrons. The molecule has 1 aromatic carbocycles. The monoisotopic (exact) mass is 311 g/mol. The number of anilines is 3. The number of carbonyl (C=O) groups is 1. The molecule has 0 aliphatic rings. The van der Waals surface area contributed by atoms with Gasteiger partial charge >= 0.3 is 0 Å². The highest BCUT2D eigenvalue weighted by Gasteiger charge is 2.14. The normalized spacial score (nSPS) is 10.7. The van der Waals surface area contributed by atoms with Crippen molar-refractivity contribution in [1.82, 2.24) is 4.98 Å². The molecule has 0 bridgehead atoms. The molecule has 23 heavy (non-hydrogen) atoms. The van der Waals surface area contributed by atoms with Crippen molar-refractivity contribution in [3.63, 3.8) is 0 Å². The fraction of sp³-hybridized carbons (Fsp3) is 0.368. The Labute approximate surface area is 138 Å². The lowest BCUT2D eigenvalue weighted by atomic mass is 10.0. The van der Waals surface area contributed by atoms with Crippen LogP contribution in [0.4, 0.5) is 17.2 Å².